The van der Waals surface area contributed by atoms with E-state index in [1.54, 1.807) is 18.3 Å². The molecule has 1 unspecified atom stereocenters. The fourth-order valence-corrected chi connectivity index (χ4v) is 2.05. The van der Waals surface area contributed by atoms with Gasteiger partial charge in [0.15, 0.2) is 5.22 Å². The molecule has 0 aliphatic heterocycles. The topological polar surface area (TPSA) is 46.3 Å². The van der Waals surface area contributed by atoms with Crippen molar-refractivity contribution in [2.45, 2.75) is 6.10 Å². The summed E-state index contributed by atoms with van der Waals surface area (Å²) in [4.78, 5) is 4.26. The monoisotopic (exact) mass is 259 g/mol. The van der Waals surface area contributed by atoms with Crippen LogP contribution < -0.4 is 0 Å². The SMILES string of the molecule is OC(c1ccc2cccnc2c1)c1ccc(Cl)o1. The number of pyridine rings is 1. The van der Waals surface area contributed by atoms with Gasteiger partial charge in [0.2, 0.25) is 0 Å². The fraction of sp³-hybridized carbons (Fsp3) is 0.0714. The maximum Gasteiger partial charge on any atom is 0.193 e. The third-order valence-corrected chi connectivity index (χ3v) is 3.01. The number of hydrogen-bond acceptors (Lipinski definition) is 3. The lowest BCUT2D eigenvalue weighted by atomic mass is 10.1. The molecule has 0 amide bonds. The third-order valence-electron chi connectivity index (χ3n) is 2.81. The Hall–Kier alpha value is -1.84. The molecule has 4 heteroatoms. The highest BCUT2D eigenvalue weighted by Gasteiger charge is 2.14. The number of nitrogens with zero attached hydrogens (tertiary/aromatic N) is 1. The van der Waals surface area contributed by atoms with Crippen molar-refractivity contribution >= 4 is 22.5 Å². The molecule has 18 heavy (non-hydrogen) atoms. The molecule has 0 bridgehead atoms. The lowest BCUT2D eigenvalue weighted by Gasteiger charge is -2.08. The summed E-state index contributed by atoms with van der Waals surface area (Å²) in [5.74, 6) is 0.426. The number of rotatable bonds is 2. The van der Waals surface area contributed by atoms with Crippen LogP contribution in [0, 0.1) is 0 Å². The molecule has 0 spiro atoms. The molecule has 2 aromatic heterocycles. The summed E-state index contributed by atoms with van der Waals surface area (Å²) in [6.07, 6.45) is 0.895. The van der Waals surface area contributed by atoms with Crippen molar-refractivity contribution in [2.24, 2.45) is 0 Å². The average molecular weight is 260 g/mol. The molecule has 2 heterocycles. The van der Waals surface area contributed by atoms with Gasteiger partial charge in [-0.25, -0.2) is 0 Å². The summed E-state index contributed by atoms with van der Waals surface area (Å²) < 4.78 is 5.21. The quantitative estimate of drug-likeness (QED) is 0.765. The summed E-state index contributed by atoms with van der Waals surface area (Å²) in [6, 6.07) is 12.7. The predicted molar refractivity (Wildman–Crippen MR) is 69.5 cm³/mol. The van der Waals surface area contributed by atoms with Crippen LogP contribution in [0.1, 0.15) is 17.4 Å². The van der Waals surface area contributed by atoms with Gasteiger partial charge in [-0.3, -0.25) is 4.98 Å². The van der Waals surface area contributed by atoms with E-state index in [9.17, 15) is 5.11 Å². The van der Waals surface area contributed by atoms with Crippen LogP contribution in [0.25, 0.3) is 10.9 Å². The second-order valence-electron chi connectivity index (χ2n) is 4.00. The minimum atomic E-state index is -0.830. The molecule has 0 fully saturated rings. The van der Waals surface area contributed by atoms with Gasteiger partial charge in [0.05, 0.1) is 5.52 Å². The van der Waals surface area contributed by atoms with Crippen molar-refractivity contribution in [3.05, 3.63) is 65.2 Å². The van der Waals surface area contributed by atoms with Crippen molar-refractivity contribution in [3.63, 3.8) is 0 Å². The second kappa shape index (κ2) is 4.44. The Labute approximate surface area is 109 Å². The molecular weight excluding hydrogens is 250 g/mol. The summed E-state index contributed by atoms with van der Waals surface area (Å²) in [5.41, 5.74) is 1.57. The molecule has 3 aromatic rings. The van der Waals surface area contributed by atoms with E-state index in [2.05, 4.69) is 4.98 Å². The highest BCUT2D eigenvalue weighted by Crippen LogP contribution is 2.27. The van der Waals surface area contributed by atoms with Gasteiger partial charge in [0.25, 0.3) is 0 Å². The van der Waals surface area contributed by atoms with Gasteiger partial charge in [0, 0.05) is 11.6 Å². The summed E-state index contributed by atoms with van der Waals surface area (Å²) in [5, 5.41) is 11.5. The summed E-state index contributed by atoms with van der Waals surface area (Å²) in [7, 11) is 0. The van der Waals surface area contributed by atoms with Gasteiger partial charge in [0.1, 0.15) is 11.9 Å². The third kappa shape index (κ3) is 1.98. The lowest BCUT2D eigenvalue weighted by molar-refractivity contribution is 0.189. The largest absolute Gasteiger partial charge is 0.447 e. The molecule has 1 atom stereocenters. The van der Waals surface area contributed by atoms with Gasteiger partial charge in [-0.1, -0.05) is 18.2 Å². The first-order valence-electron chi connectivity index (χ1n) is 5.52. The number of benzene rings is 1. The smallest absolute Gasteiger partial charge is 0.193 e. The van der Waals surface area contributed by atoms with Crippen molar-refractivity contribution in [3.8, 4) is 0 Å². The lowest BCUT2D eigenvalue weighted by Crippen LogP contribution is -1.98. The number of aromatic nitrogens is 1. The zero-order valence-electron chi connectivity index (χ0n) is 9.38. The maximum absolute atomic E-state index is 10.2. The first kappa shape index (κ1) is 11.3. The minimum Gasteiger partial charge on any atom is -0.447 e. The number of halogens is 1. The van der Waals surface area contributed by atoms with Crippen molar-refractivity contribution in [1.29, 1.82) is 0 Å². The normalized spacial score (nSPS) is 12.8. The van der Waals surface area contributed by atoms with Crippen LogP contribution in [-0.2, 0) is 0 Å². The molecule has 0 saturated heterocycles. The van der Waals surface area contributed by atoms with E-state index in [0.29, 0.717) is 5.76 Å². The zero-order valence-corrected chi connectivity index (χ0v) is 10.1. The van der Waals surface area contributed by atoms with E-state index in [-0.39, 0.29) is 5.22 Å². The first-order valence-corrected chi connectivity index (χ1v) is 5.90. The van der Waals surface area contributed by atoms with E-state index >= 15 is 0 Å². The Bertz CT molecular complexity index is 693. The molecule has 1 N–H and O–H groups in total. The van der Waals surface area contributed by atoms with Gasteiger partial charge in [-0.15, -0.1) is 0 Å². The van der Waals surface area contributed by atoms with E-state index in [0.717, 1.165) is 16.5 Å². The van der Waals surface area contributed by atoms with E-state index in [1.807, 2.05) is 30.3 Å². The molecule has 0 radical (unpaired) electrons. The molecular formula is C14H10ClNO2. The Balaban J connectivity index is 2.03. The molecule has 1 aromatic carbocycles. The Morgan fingerprint density at radius 1 is 1.17 bits per heavy atom. The van der Waals surface area contributed by atoms with Crippen LogP contribution in [0.15, 0.2) is 53.1 Å². The van der Waals surface area contributed by atoms with Crippen LogP contribution in [0.2, 0.25) is 5.22 Å². The number of aliphatic hydroxyl groups is 1. The van der Waals surface area contributed by atoms with Gasteiger partial charge < -0.3 is 9.52 Å². The summed E-state index contributed by atoms with van der Waals surface area (Å²) in [6.45, 7) is 0. The van der Waals surface area contributed by atoms with E-state index in [1.165, 1.54) is 0 Å². The van der Waals surface area contributed by atoms with Gasteiger partial charge in [-0.2, -0.15) is 0 Å². The number of furan rings is 1. The maximum atomic E-state index is 10.2. The Morgan fingerprint density at radius 3 is 2.83 bits per heavy atom. The van der Waals surface area contributed by atoms with Crippen molar-refractivity contribution < 1.29 is 9.52 Å². The number of fused-ring (bicyclic) bond motifs is 1. The zero-order chi connectivity index (χ0) is 12.5. The Morgan fingerprint density at radius 2 is 2.06 bits per heavy atom. The van der Waals surface area contributed by atoms with E-state index in [4.69, 9.17) is 16.0 Å². The van der Waals surface area contributed by atoms with Crippen LogP contribution >= 0.6 is 11.6 Å². The van der Waals surface area contributed by atoms with E-state index < -0.39 is 6.10 Å². The van der Waals surface area contributed by atoms with Crippen LogP contribution in [-0.4, -0.2) is 10.1 Å². The molecule has 3 nitrogen and oxygen atoms in total. The highest BCUT2D eigenvalue weighted by atomic mass is 35.5. The second-order valence-corrected chi connectivity index (χ2v) is 4.37. The molecule has 3 rings (SSSR count). The highest BCUT2D eigenvalue weighted by molar-refractivity contribution is 6.28. The van der Waals surface area contributed by atoms with Crippen LogP contribution in [0.3, 0.4) is 0 Å². The fourth-order valence-electron chi connectivity index (χ4n) is 1.89. The van der Waals surface area contributed by atoms with Crippen molar-refractivity contribution in [1.82, 2.24) is 4.98 Å². The standard InChI is InChI=1S/C14H10ClNO2/c15-13-6-5-12(18-13)14(17)10-4-3-9-2-1-7-16-11(9)8-10/h1-8,14,17H. The van der Waals surface area contributed by atoms with Crippen LogP contribution in [0.4, 0.5) is 0 Å². The molecule has 0 aliphatic rings. The molecule has 90 valence electrons. The van der Waals surface area contributed by atoms with Crippen LogP contribution in [0.5, 0.6) is 0 Å². The number of aliphatic hydroxyl groups excluding tert-OH is 1. The first-order chi connectivity index (χ1) is 8.74. The Kier molecular flexibility index (Phi) is 2.78. The predicted octanol–water partition coefficient (Wildman–Crippen LogP) is 3.56. The van der Waals surface area contributed by atoms with Crippen molar-refractivity contribution in [2.75, 3.05) is 0 Å². The minimum absolute atomic E-state index is 0.267. The summed E-state index contributed by atoms with van der Waals surface area (Å²) >= 11 is 5.70. The number of hydrogen-bond donors (Lipinski definition) is 1. The van der Waals surface area contributed by atoms with Gasteiger partial charge >= 0.3 is 0 Å². The van der Waals surface area contributed by atoms with Gasteiger partial charge in [-0.05, 0) is 41.4 Å². The molecule has 0 aliphatic carbocycles. The average Bonchev–Trinajstić information content (AvgIpc) is 2.84. The molecule has 0 saturated carbocycles.